The third-order valence-electron chi connectivity index (χ3n) is 2.34. The van der Waals surface area contributed by atoms with E-state index in [9.17, 15) is 0 Å². The first-order chi connectivity index (χ1) is 7.04. The van der Waals surface area contributed by atoms with E-state index in [0.29, 0.717) is 13.2 Å². The Kier molecular flexibility index (Phi) is 4.15. The Hall–Kier alpha value is -1.02. The number of ether oxygens (including phenoxy) is 1. The summed E-state index contributed by atoms with van der Waals surface area (Å²) in [5, 5.41) is 0. The Balaban J connectivity index is 2.57. The summed E-state index contributed by atoms with van der Waals surface area (Å²) < 4.78 is 5.53. The van der Waals surface area contributed by atoms with Gasteiger partial charge in [0.2, 0.25) is 0 Å². The maximum absolute atomic E-state index is 5.53. The van der Waals surface area contributed by atoms with E-state index in [-0.39, 0.29) is 5.41 Å². The Bertz CT molecular complexity index is 284. The van der Waals surface area contributed by atoms with Gasteiger partial charge >= 0.3 is 0 Å². The van der Waals surface area contributed by atoms with Crippen LogP contribution < -0.4 is 10.5 Å². The third-order valence-corrected chi connectivity index (χ3v) is 2.34. The molecule has 1 rings (SSSR count). The van der Waals surface area contributed by atoms with Gasteiger partial charge in [0.1, 0.15) is 5.75 Å². The van der Waals surface area contributed by atoms with E-state index in [2.05, 4.69) is 32.9 Å². The number of hydrogen-bond donors (Lipinski definition) is 1. The topological polar surface area (TPSA) is 35.2 Å². The van der Waals surface area contributed by atoms with Crippen molar-refractivity contribution < 1.29 is 4.74 Å². The summed E-state index contributed by atoms with van der Waals surface area (Å²) in [5.74, 6) is 0.927. The van der Waals surface area contributed by atoms with Gasteiger partial charge in [-0.05, 0) is 36.1 Å². The SMILES string of the molecule is CC(C)(C)c1ccc(OCCCN)cc1. The van der Waals surface area contributed by atoms with Crippen LogP contribution in [0.5, 0.6) is 5.75 Å². The van der Waals surface area contributed by atoms with Crippen LogP contribution in [0.4, 0.5) is 0 Å². The second kappa shape index (κ2) is 5.17. The molecule has 0 aliphatic carbocycles. The average Bonchev–Trinajstić information content (AvgIpc) is 2.18. The lowest BCUT2D eigenvalue weighted by atomic mass is 9.87. The first kappa shape index (κ1) is 12.1. The minimum Gasteiger partial charge on any atom is -0.494 e. The van der Waals surface area contributed by atoms with E-state index in [1.165, 1.54) is 5.56 Å². The van der Waals surface area contributed by atoms with E-state index >= 15 is 0 Å². The van der Waals surface area contributed by atoms with E-state index in [1.54, 1.807) is 0 Å². The molecule has 1 aromatic carbocycles. The molecule has 0 fully saturated rings. The molecule has 15 heavy (non-hydrogen) atoms. The molecule has 0 spiro atoms. The summed E-state index contributed by atoms with van der Waals surface area (Å²) in [6.45, 7) is 8.00. The predicted molar refractivity (Wildman–Crippen MR) is 64.3 cm³/mol. The maximum Gasteiger partial charge on any atom is 0.119 e. The van der Waals surface area contributed by atoms with Crippen molar-refractivity contribution in [3.63, 3.8) is 0 Å². The molecule has 1 aromatic rings. The molecule has 0 radical (unpaired) electrons. The zero-order valence-corrected chi connectivity index (χ0v) is 9.92. The van der Waals surface area contributed by atoms with E-state index < -0.39 is 0 Å². The largest absolute Gasteiger partial charge is 0.494 e. The molecule has 0 atom stereocenters. The van der Waals surface area contributed by atoms with Crippen molar-refractivity contribution in [1.29, 1.82) is 0 Å². The highest BCUT2D eigenvalue weighted by Crippen LogP contribution is 2.24. The Morgan fingerprint density at radius 2 is 1.73 bits per heavy atom. The number of nitrogens with two attached hydrogens (primary N) is 1. The molecule has 0 saturated carbocycles. The fourth-order valence-electron chi connectivity index (χ4n) is 1.32. The van der Waals surface area contributed by atoms with E-state index in [0.717, 1.165) is 12.2 Å². The number of benzene rings is 1. The summed E-state index contributed by atoms with van der Waals surface area (Å²) in [7, 11) is 0. The van der Waals surface area contributed by atoms with Gasteiger partial charge in [0.05, 0.1) is 6.61 Å². The van der Waals surface area contributed by atoms with Gasteiger partial charge in [0.15, 0.2) is 0 Å². The normalized spacial score (nSPS) is 11.5. The smallest absolute Gasteiger partial charge is 0.119 e. The summed E-state index contributed by atoms with van der Waals surface area (Å²) in [6, 6.07) is 8.30. The van der Waals surface area contributed by atoms with Gasteiger partial charge in [-0.2, -0.15) is 0 Å². The van der Waals surface area contributed by atoms with Crippen molar-refractivity contribution in [3.05, 3.63) is 29.8 Å². The van der Waals surface area contributed by atoms with Gasteiger partial charge in [-0.15, -0.1) is 0 Å². The van der Waals surface area contributed by atoms with Crippen molar-refractivity contribution in [2.24, 2.45) is 5.73 Å². The molecule has 0 aromatic heterocycles. The van der Waals surface area contributed by atoms with Gasteiger partial charge in [-0.25, -0.2) is 0 Å². The third kappa shape index (κ3) is 3.92. The van der Waals surface area contributed by atoms with Crippen LogP contribution in [0.2, 0.25) is 0 Å². The minimum absolute atomic E-state index is 0.204. The van der Waals surface area contributed by atoms with E-state index in [1.807, 2.05) is 12.1 Å². The lowest BCUT2D eigenvalue weighted by Gasteiger charge is -2.19. The Labute approximate surface area is 92.4 Å². The van der Waals surface area contributed by atoms with Crippen molar-refractivity contribution in [1.82, 2.24) is 0 Å². The first-order valence-electron chi connectivity index (χ1n) is 5.47. The molecule has 0 bridgehead atoms. The predicted octanol–water partition coefficient (Wildman–Crippen LogP) is 2.71. The fraction of sp³-hybridized carbons (Fsp3) is 0.538. The zero-order valence-electron chi connectivity index (χ0n) is 9.92. The highest BCUT2D eigenvalue weighted by atomic mass is 16.5. The Morgan fingerprint density at radius 1 is 1.13 bits per heavy atom. The van der Waals surface area contributed by atoms with Gasteiger partial charge in [-0.1, -0.05) is 32.9 Å². The molecule has 0 heterocycles. The lowest BCUT2D eigenvalue weighted by molar-refractivity contribution is 0.313. The van der Waals surface area contributed by atoms with Crippen molar-refractivity contribution in [2.75, 3.05) is 13.2 Å². The standard InChI is InChI=1S/C13H21NO/c1-13(2,3)11-5-7-12(8-6-11)15-10-4-9-14/h5-8H,4,9-10,14H2,1-3H3. The monoisotopic (exact) mass is 207 g/mol. The molecule has 0 unspecified atom stereocenters. The molecule has 2 nitrogen and oxygen atoms in total. The van der Waals surface area contributed by atoms with Crippen LogP contribution in [0.3, 0.4) is 0 Å². The fourth-order valence-corrected chi connectivity index (χ4v) is 1.32. The molecule has 0 saturated heterocycles. The van der Waals surface area contributed by atoms with Crippen LogP contribution >= 0.6 is 0 Å². The van der Waals surface area contributed by atoms with Crippen LogP contribution in [0.1, 0.15) is 32.8 Å². The van der Waals surface area contributed by atoms with Crippen LogP contribution in [0, 0.1) is 0 Å². The highest BCUT2D eigenvalue weighted by molar-refractivity contribution is 5.31. The number of hydrogen-bond acceptors (Lipinski definition) is 2. The van der Waals surface area contributed by atoms with Crippen LogP contribution in [-0.4, -0.2) is 13.2 Å². The summed E-state index contributed by atoms with van der Waals surface area (Å²) in [6.07, 6.45) is 0.904. The van der Waals surface area contributed by atoms with Crippen LogP contribution in [0.15, 0.2) is 24.3 Å². The Morgan fingerprint density at radius 3 is 2.20 bits per heavy atom. The zero-order chi connectivity index (χ0) is 11.3. The van der Waals surface area contributed by atoms with Crippen LogP contribution in [-0.2, 0) is 5.41 Å². The number of rotatable bonds is 4. The van der Waals surface area contributed by atoms with Crippen molar-refractivity contribution >= 4 is 0 Å². The highest BCUT2D eigenvalue weighted by Gasteiger charge is 2.12. The van der Waals surface area contributed by atoms with Crippen molar-refractivity contribution in [2.45, 2.75) is 32.6 Å². The second-order valence-corrected chi connectivity index (χ2v) is 4.77. The van der Waals surface area contributed by atoms with Crippen molar-refractivity contribution in [3.8, 4) is 5.75 Å². The van der Waals surface area contributed by atoms with Gasteiger partial charge in [0, 0.05) is 0 Å². The lowest BCUT2D eigenvalue weighted by Crippen LogP contribution is -2.11. The summed E-state index contributed by atoms with van der Waals surface area (Å²) in [4.78, 5) is 0. The van der Waals surface area contributed by atoms with Gasteiger partial charge in [-0.3, -0.25) is 0 Å². The second-order valence-electron chi connectivity index (χ2n) is 4.77. The molecular formula is C13H21NO. The molecule has 0 amide bonds. The quantitative estimate of drug-likeness (QED) is 0.770. The summed E-state index contributed by atoms with van der Waals surface area (Å²) >= 11 is 0. The molecule has 0 aliphatic heterocycles. The molecule has 84 valence electrons. The minimum atomic E-state index is 0.204. The maximum atomic E-state index is 5.53. The van der Waals surface area contributed by atoms with Gasteiger partial charge < -0.3 is 10.5 Å². The van der Waals surface area contributed by atoms with Crippen LogP contribution in [0.25, 0.3) is 0 Å². The summed E-state index contributed by atoms with van der Waals surface area (Å²) in [5.41, 5.74) is 6.93. The van der Waals surface area contributed by atoms with E-state index in [4.69, 9.17) is 10.5 Å². The molecule has 0 aliphatic rings. The molecule has 2 heteroatoms. The van der Waals surface area contributed by atoms with Gasteiger partial charge in [0.25, 0.3) is 0 Å². The first-order valence-corrected chi connectivity index (χ1v) is 5.47. The molecular weight excluding hydrogens is 186 g/mol. The average molecular weight is 207 g/mol. The molecule has 2 N–H and O–H groups in total.